The summed E-state index contributed by atoms with van der Waals surface area (Å²) < 4.78 is 5.48. The van der Waals surface area contributed by atoms with Gasteiger partial charge in [-0.25, -0.2) is 0 Å². The van der Waals surface area contributed by atoms with Gasteiger partial charge in [0.05, 0.1) is 24.0 Å². The van der Waals surface area contributed by atoms with E-state index in [0.29, 0.717) is 0 Å². The van der Waals surface area contributed by atoms with Gasteiger partial charge in [-0.3, -0.25) is 9.59 Å². The summed E-state index contributed by atoms with van der Waals surface area (Å²) in [4.78, 5) is 22.0. The van der Waals surface area contributed by atoms with Gasteiger partial charge in [0.1, 0.15) is 0 Å². The third-order valence-corrected chi connectivity index (χ3v) is 3.85. The van der Waals surface area contributed by atoms with E-state index in [0.717, 1.165) is 0 Å². The second kappa shape index (κ2) is 3.20. The van der Waals surface area contributed by atoms with E-state index in [1.807, 2.05) is 13.8 Å². The number of ether oxygens (including phenoxy) is 1. The highest BCUT2D eigenvalue weighted by Crippen LogP contribution is 2.49. The molecule has 84 valence electrons. The summed E-state index contributed by atoms with van der Waals surface area (Å²) in [5.41, 5.74) is 0. The van der Waals surface area contributed by atoms with Crippen LogP contribution in [0.1, 0.15) is 13.8 Å². The Morgan fingerprint density at radius 1 is 0.933 bits per heavy atom. The Morgan fingerprint density at radius 2 is 1.27 bits per heavy atom. The van der Waals surface area contributed by atoms with Gasteiger partial charge >= 0.3 is 11.9 Å². The van der Waals surface area contributed by atoms with Crippen molar-refractivity contribution in [2.24, 2.45) is 23.7 Å². The summed E-state index contributed by atoms with van der Waals surface area (Å²) in [5, 5.41) is 18.0. The molecule has 0 spiro atoms. The SMILES string of the molecule is C[C@@H]1[C@H](C)[C@H]2O[C@@H]1[C@H](C(=O)O)[C@@H]2C(=O)O. The Kier molecular flexibility index (Phi) is 2.22. The van der Waals surface area contributed by atoms with E-state index in [1.165, 1.54) is 0 Å². The number of rotatable bonds is 2. The summed E-state index contributed by atoms with van der Waals surface area (Å²) in [6.07, 6.45) is -0.882. The van der Waals surface area contributed by atoms with Crippen LogP contribution >= 0.6 is 0 Å². The van der Waals surface area contributed by atoms with Gasteiger partial charge in [0.25, 0.3) is 0 Å². The highest BCUT2D eigenvalue weighted by Gasteiger charge is 2.61. The molecule has 2 N–H and O–H groups in total. The standard InChI is InChI=1S/C10H14O5/c1-3-4(2)8-6(10(13)14)5(9(11)12)7(3)15-8/h3-8H,1-2H3,(H,11,12)(H,13,14)/t3-,4+,5-,6+,7+,8-. The van der Waals surface area contributed by atoms with Gasteiger partial charge in [0.2, 0.25) is 0 Å². The summed E-state index contributed by atoms with van der Waals surface area (Å²) in [5.74, 6) is -3.67. The molecule has 6 atom stereocenters. The molecule has 2 saturated heterocycles. The summed E-state index contributed by atoms with van der Waals surface area (Å²) >= 11 is 0. The lowest BCUT2D eigenvalue weighted by atomic mass is 9.69. The minimum atomic E-state index is -1.06. The molecule has 15 heavy (non-hydrogen) atoms. The molecule has 0 aliphatic carbocycles. The molecule has 0 saturated carbocycles. The average Bonchev–Trinajstić information content (AvgIpc) is 2.64. The Bertz CT molecular complexity index is 283. The minimum absolute atomic E-state index is 0.117. The molecular weight excluding hydrogens is 200 g/mol. The summed E-state index contributed by atoms with van der Waals surface area (Å²) in [6, 6.07) is 0. The number of hydrogen-bond acceptors (Lipinski definition) is 3. The van der Waals surface area contributed by atoms with E-state index in [4.69, 9.17) is 14.9 Å². The first-order valence-electron chi connectivity index (χ1n) is 5.06. The fourth-order valence-corrected chi connectivity index (χ4v) is 2.85. The lowest BCUT2D eigenvalue weighted by molar-refractivity contribution is -0.155. The van der Waals surface area contributed by atoms with Crippen molar-refractivity contribution >= 4 is 11.9 Å². The van der Waals surface area contributed by atoms with Crippen LogP contribution in [0.25, 0.3) is 0 Å². The molecule has 0 amide bonds. The van der Waals surface area contributed by atoms with Crippen molar-refractivity contribution < 1.29 is 24.5 Å². The lowest BCUT2D eigenvalue weighted by Gasteiger charge is -2.30. The Balaban J connectivity index is 2.32. The van der Waals surface area contributed by atoms with E-state index in [9.17, 15) is 9.59 Å². The molecule has 5 nitrogen and oxygen atoms in total. The smallest absolute Gasteiger partial charge is 0.310 e. The van der Waals surface area contributed by atoms with Gasteiger partial charge in [-0.1, -0.05) is 13.8 Å². The number of carboxylic acid groups (broad SMARTS) is 2. The Labute approximate surface area is 87.0 Å². The number of carbonyl (C=O) groups is 2. The molecule has 2 aliphatic heterocycles. The molecule has 2 heterocycles. The van der Waals surface area contributed by atoms with Gasteiger partial charge in [-0.2, -0.15) is 0 Å². The maximum absolute atomic E-state index is 11.0. The monoisotopic (exact) mass is 214 g/mol. The van der Waals surface area contributed by atoms with Crippen LogP contribution in [0.15, 0.2) is 0 Å². The topological polar surface area (TPSA) is 83.8 Å². The maximum Gasteiger partial charge on any atom is 0.310 e. The first-order chi connectivity index (χ1) is 6.95. The van der Waals surface area contributed by atoms with Crippen molar-refractivity contribution in [3.05, 3.63) is 0 Å². The zero-order chi connectivity index (χ0) is 11.3. The molecular formula is C10H14O5. The first kappa shape index (κ1) is 10.4. The number of aliphatic carboxylic acids is 2. The van der Waals surface area contributed by atoms with Crippen molar-refractivity contribution in [2.75, 3.05) is 0 Å². The number of fused-ring (bicyclic) bond motifs is 2. The van der Waals surface area contributed by atoms with Crippen molar-refractivity contribution in [3.63, 3.8) is 0 Å². The second-order valence-corrected chi connectivity index (χ2v) is 4.51. The molecule has 0 aromatic heterocycles. The summed E-state index contributed by atoms with van der Waals surface area (Å²) in [7, 11) is 0. The van der Waals surface area contributed by atoms with Crippen molar-refractivity contribution in [1.82, 2.24) is 0 Å². The van der Waals surface area contributed by atoms with Crippen molar-refractivity contribution in [1.29, 1.82) is 0 Å². The highest BCUT2D eigenvalue weighted by molar-refractivity contribution is 5.82. The molecule has 2 bridgehead atoms. The van der Waals surface area contributed by atoms with E-state index < -0.39 is 36.0 Å². The number of hydrogen-bond donors (Lipinski definition) is 2. The zero-order valence-electron chi connectivity index (χ0n) is 8.58. The van der Waals surface area contributed by atoms with Crippen LogP contribution in [0.5, 0.6) is 0 Å². The molecule has 5 heteroatoms. The fraction of sp³-hybridized carbons (Fsp3) is 0.800. The third-order valence-electron chi connectivity index (χ3n) is 3.85. The van der Waals surface area contributed by atoms with Crippen LogP contribution in [0.3, 0.4) is 0 Å². The maximum atomic E-state index is 11.0. The minimum Gasteiger partial charge on any atom is -0.481 e. The highest BCUT2D eigenvalue weighted by atomic mass is 16.5. The molecule has 0 radical (unpaired) electrons. The lowest BCUT2D eigenvalue weighted by Crippen LogP contribution is -2.44. The molecule has 0 aromatic rings. The van der Waals surface area contributed by atoms with E-state index in [1.54, 1.807) is 0 Å². The molecule has 2 fully saturated rings. The quantitative estimate of drug-likeness (QED) is 0.696. The zero-order valence-corrected chi connectivity index (χ0v) is 8.58. The predicted octanol–water partition coefficient (Wildman–Crippen LogP) is 0.441. The average molecular weight is 214 g/mol. The van der Waals surface area contributed by atoms with Crippen LogP contribution in [0, 0.1) is 23.7 Å². The molecule has 0 aromatic carbocycles. The van der Waals surface area contributed by atoms with Crippen LogP contribution < -0.4 is 0 Å². The van der Waals surface area contributed by atoms with Gasteiger partial charge in [0.15, 0.2) is 0 Å². The summed E-state index contributed by atoms with van der Waals surface area (Å²) in [6.45, 7) is 3.84. The van der Waals surface area contributed by atoms with E-state index >= 15 is 0 Å². The third kappa shape index (κ3) is 1.26. The Hall–Kier alpha value is -1.10. The first-order valence-corrected chi connectivity index (χ1v) is 5.06. The predicted molar refractivity (Wildman–Crippen MR) is 49.2 cm³/mol. The van der Waals surface area contributed by atoms with Gasteiger partial charge in [-0.05, 0) is 11.8 Å². The van der Waals surface area contributed by atoms with Gasteiger partial charge in [-0.15, -0.1) is 0 Å². The molecule has 2 rings (SSSR count). The van der Waals surface area contributed by atoms with Crippen LogP contribution in [0.4, 0.5) is 0 Å². The number of carboxylic acids is 2. The normalized spacial score (nSPS) is 48.1. The fourth-order valence-electron chi connectivity index (χ4n) is 2.85. The molecule has 0 unspecified atom stereocenters. The van der Waals surface area contributed by atoms with E-state index in [-0.39, 0.29) is 11.8 Å². The van der Waals surface area contributed by atoms with E-state index in [2.05, 4.69) is 0 Å². The van der Waals surface area contributed by atoms with Gasteiger partial charge in [0, 0.05) is 0 Å². The van der Waals surface area contributed by atoms with Gasteiger partial charge < -0.3 is 14.9 Å². The van der Waals surface area contributed by atoms with Crippen molar-refractivity contribution in [3.8, 4) is 0 Å². The van der Waals surface area contributed by atoms with Crippen LogP contribution in [0.2, 0.25) is 0 Å². The van der Waals surface area contributed by atoms with Crippen molar-refractivity contribution in [2.45, 2.75) is 26.1 Å². The van der Waals surface area contributed by atoms with Crippen LogP contribution in [-0.2, 0) is 14.3 Å². The molecule has 2 aliphatic rings. The van der Waals surface area contributed by atoms with Crippen LogP contribution in [-0.4, -0.2) is 34.4 Å². The second-order valence-electron chi connectivity index (χ2n) is 4.51. The largest absolute Gasteiger partial charge is 0.481 e. The Morgan fingerprint density at radius 3 is 1.53 bits per heavy atom.